The predicted molar refractivity (Wildman–Crippen MR) is 64.8 cm³/mol. The summed E-state index contributed by atoms with van der Waals surface area (Å²) in [7, 11) is 0. The quantitative estimate of drug-likeness (QED) is 0.729. The molecular formula is C15H13F2. The third-order valence-corrected chi connectivity index (χ3v) is 2.58. The van der Waals surface area contributed by atoms with Crippen LogP contribution in [0.15, 0.2) is 60.7 Å². The Bertz CT molecular complexity index is 439. The number of alkyl halides is 1. The summed E-state index contributed by atoms with van der Waals surface area (Å²) in [6.07, 6.45) is -2.27. The van der Waals surface area contributed by atoms with Gasteiger partial charge in [-0.05, 0) is 11.1 Å². The summed E-state index contributed by atoms with van der Waals surface area (Å²) in [5.41, 5.74) is 1.14. The summed E-state index contributed by atoms with van der Waals surface area (Å²) in [5, 5.41) is 0. The van der Waals surface area contributed by atoms with Crippen LogP contribution in [0.25, 0.3) is 0 Å². The third kappa shape index (κ3) is 3.13. The van der Waals surface area contributed by atoms with Gasteiger partial charge in [0, 0.05) is 6.42 Å². The van der Waals surface area contributed by atoms with Gasteiger partial charge in [-0.2, -0.15) is 0 Å². The second kappa shape index (κ2) is 5.58. The van der Waals surface area contributed by atoms with Crippen molar-refractivity contribution in [3.05, 3.63) is 78.0 Å². The molecule has 87 valence electrons. The van der Waals surface area contributed by atoms with E-state index in [0.29, 0.717) is 5.56 Å². The number of rotatable bonds is 4. The molecule has 0 bridgehead atoms. The maximum absolute atomic E-state index is 13.8. The van der Waals surface area contributed by atoms with E-state index in [9.17, 15) is 8.78 Å². The highest BCUT2D eigenvalue weighted by atomic mass is 19.2. The fraction of sp³-hybridized carbons (Fsp3) is 0.133. The van der Waals surface area contributed by atoms with E-state index < -0.39 is 12.3 Å². The lowest BCUT2D eigenvalue weighted by atomic mass is 10.0. The molecule has 0 saturated heterocycles. The predicted octanol–water partition coefficient (Wildman–Crippen LogP) is 4.44. The Morgan fingerprint density at radius 3 is 2.00 bits per heavy atom. The average molecular weight is 231 g/mol. The Kier molecular flexibility index (Phi) is 3.86. The third-order valence-electron chi connectivity index (χ3n) is 2.58. The highest BCUT2D eigenvalue weighted by molar-refractivity contribution is 5.24. The summed E-state index contributed by atoms with van der Waals surface area (Å²) in [6, 6.07) is 17.4. The van der Waals surface area contributed by atoms with Gasteiger partial charge in [0.1, 0.15) is 0 Å². The molecule has 2 aromatic carbocycles. The van der Waals surface area contributed by atoms with Crippen LogP contribution in [0.1, 0.15) is 17.3 Å². The minimum atomic E-state index is -1.64. The van der Waals surface area contributed by atoms with Crippen molar-refractivity contribution in [1.29, 1.82) is 0 Å². The van der Waals surface area contributed by atoms with Crippen LogP contribution < -0.4 is 0 Å². The van der Waals surface area contributed by atoms with Crippen molar-refractivity contribution < 1.29 is 8.78 Å². The van der Waals surface area contributed by atoms with E-state index in [-0.39, 0.29) is 6.42 Å². The summed E-state index contributed by atoms with van der Waals surface area (Å²) in [4.78, 5) is 0. The van der Waals surface area contributed by atoms with E-state index in [1.807, 2.05) is 18.2 Å². The molecule has 0 heterocycles. The first-order chi connectivity index (χ1) is 8.27. The van der Waals surface area contributed by atoms with E-state index in [1.165, 1.54) is 0 Å². The van der Waals surface area contributed by atoms with Crippen LogP contribution in [-0.2, 0) is 6.42 Å². The lowest BCUT2D eigenvalue weighted by Gasteiger charge is -2.12. The van der Waals surface area contributed by atoms with Crippen LogP contribution >= 0.6 is 0 Å². The van der Waals surface area contributed by atoms with Crippen LogP contribution in [0.3, 0.4) is 0 Å². The van der Waals surface area contributed by atoms with Gasteiger partial charge in [-0.1, -0.05) is 60.7 Å². The molecule has 2 aromatic rings. The Labute approximate surface area is 99.9 Å². The van der Waals surface area contributed by atoms with Crippen molar-refractivity contribution in [1.82, 2.24) is 0 Å². The minimum Gasteiger partial charge on any atom is -0.239 e. The van der Waals surface area contributed by atoms with E-state index >= 15 is 0 Å². The lowest BCUT2D eigenvalue weighted by Crippen LogP contribution is -2.04. The van der Waals surface area contributed by atoms with Crippen molar-refractivity contribution in [2.45, 2.75) is 12.6 Å². The Morgan fingerprint density at radius 1 is 0.882 bits per heavy atom. The number of halogens is 2. The standard InChI is InChI=1S/C15H13F2/c16-14(11-12-7-3-1-4-8-12)15(17)13-9-5-2-6-10-13/h1-10,15H,11H2. The van der Waals surface area contributed by atoms with Gasteiger partial charge in [-0.3, -0.25) is 0 Å². The maximum atomic E-state index is 13.8. The Hall–Kier alpha value is -1.70. The second-order valence-corrected chi connectivity index (χ2v) is 3.88. The van der Waals surface area contributed by atoms with Gasteiger partial charge in [0.15, 0.2) is 12.3 Å². The first-order valence-corrected chi connectivity index (χ1v) is 5.51. The molecule has 2 heteroatoms. The summed E-state index contributed by atoms with van der Waals surface area (Å²) >= 11 is 0. The van der Waals surface area contributed by atoms with Crippen LogP contribution in [-0.4, -0.2) is 0 Å². The fourth-order valence-electron chi connectivity index (χ4n) is 1.68. The molecular weight excluding hydrogens is 218 g/mol. The highest BCUT2D eigenvalue weighted by Gasteiger charge is 2.23. The van der Waals surface area contributed by atoms with Crippen LogP contribution in [0.4, 0.5) is 8.78 Å². The summed E-state index contributed by atoms with van der Waals surface area (Å²) < 4.78 is 27.5. The number of benzene rings is 2. The van der Waals surface area contributed by atoms with Crippen LogP contribution in [0, 0.1) is 6.17 Å². The van der Waals surface area contributed by atoms with Gasteiger partial charge in [-0.15, -0.1) is 0 Å². The van der Waals surface area contributed by atoms with Crippen molar-refractivity contribution in [3.8, 4) is 0 Å². The molecule has 1 unspecified atom stereocenters. The van der Waals surface area contributed by atoms with E-state index in [1.54, 1.807) is 42.5 Å². The molecule has 0 aliphatic rings. The van der Waals surface area contributed by atoms with Crippen LogP contribution in [0.2, 0.25) is 0 Å². The Morgan fingerprint density at radius 2 is 1.41 bits per heavy atom. The largest absolute Gasteiger partial charge is 0.239 e. The summed E-state index contributed by atoms with van der Waals surface area (Å²) in [6.45, 7) is 0. The van der Waals surface area contributed by atoms with Crippen molar-refractivity contribution >= 4 is 0 Å². The fourth-order valence-corrected chi connectivity index (χ4v) is 1.68. The second-order valence-electron chi connectivity index (χ2n) is 3.88. The minimum absolute atomic E-state index is 0.0247. The number of hydrogen-bond donors (Lipinski definition) is 0. The zero-order chi connectivity index (χ0) is 12.1. The molecule has 0 aromatic heterocycles. The van der Waals surface area contributed by atoms with Gasteiger partial charge in [0.05, 0.1) is 0 Å². The molecule has 0 saturated carbocycles. The topological polar surface area (TPSA) is 0 Å². The first-order valence-electron chi connectivity index (χ1n) is 5.51. The first kappa shape index (κ1) is 11.8. The van der Waals surface area contributed by atoms with Gasteiger partial charge in [0.2, 0.25) is 0 Å². The van der Waals surface area contributed by atoms with E-state index in [0.717, 1.165) is 5.56 Å². The molecule has 0 amide bonds. The summed E-state index contributed by atoms with van der Waals surface area (Å²) in [5.74, 6) is 0. The van der Waals surface area contributed by atoms with Gasteiger partial charge < -0.3 is 0 Å². The highest BCUT2D eigenvalue weighted by Crippen LogP contribution is 2.31. The molecule has 1 atom stereocenters. The zero-order valence-corrected chi connectivity index (χ0v) is 9.31. The van der Waals surface area contributed by atoms with Crippen LogP contribution in [0.5, 0.6) is 0 Å². The molecule has 0 nitrogen and oxygen atoms in total. The average Bonchev–Trinajstić information content (AvgIpc) is 2.40. The molecule has 2 rings (SSSR count). The molecule has 0 aliphatic carbocycles. The molecule has 0 N–H and O–H groups in total. The molecule has 1 radical (unpaired) electrons. The SMILES string of the molecule is F[C](Cc1ccccc1)C(F)c1ccccc1. The molecule has 17 heavy (non-hydrogen) atoms. The molecule has 0 aliphatic heterocycles. The maximum Gasteiger partial charge on any atom is 0.187 e. The van der Waals surface area contributed by atoms with Gasteiger partial charge >= 0.3 is 0 Å². The molecule has 0 spiro atoms. The van der Waals surface area contributed by atoms with Crippen molar-refractivity contribution in [2.75, 3.05) is 0 Å². The smallest absolute Gasteiger partial charge is 0.187 e. The Balaban J connectivity index is 2.03. The monoisotopic (exact) mass is 231 g/mol. The zero-order valence-electron chi connectivity index (χ0n) is 9.31. The van der Waals surface area contributed by atoms with Gasteiger partial charge in [0.25, 0.3) is 0 Å². The van der Waals surface area contributed by atoms with Gasteiger partial charge in [-0.25, -0.2) is 8.78 Å². The number of hydrogen-bond acceptors (Lipinski definition) is 0. The van der Waals surface area contributed by atoms with Crippen molar-refractivity contribution in [3.63, 3.8) is 0 Å². The van der Waals surface area contributed by atoms with Crippen molar-refractivity contribution in [2.24, 2.45) is 0 Å². The van der Waals surface area contributed by atoms with E-state index in [2.05, 4.69) is 0 Å². The lowest BCUT2D eigenvalue weighted by molar-refractivity contribution is 0.259. The molecule has 0 fully saturated rings. The normalized spacial score (nSPS) is 12.6. The van der Waals surface area contributed by atoms with E-state index in [4.69, 9.17) is 0 Å².